The highest BCUT2D eigenvalue weighted by Crippen LogP contribution is 2.33. The van der Waals surface area contributed by atoms with Crippen molar-refractivity contribution < 1.29 is 4.79 Å². The molecule has 0 saturated carbocycles. The summed E-state index contributed by atoms with van der Waals surface area (Å²) in [6.07, 6.45) is 4.54. The third-order valence-electron chi connectivity index (χ3n) is 3.91. The average molecular weight is 300 g/mol. The van der Waals surface area contributed by atoms with Crippen molar-refractivity contribution >= 4 is 23.1 Å². The van der Waals surface area contributed by atoms with Crippen LogP contribution in [0, 0.1) is 0 Å². The van der Waals surface area contributed by atoms with Crippen molar-refractivity contribution in [2.24, 2.45) is 0 Å². The summed E-state index contributed by atoms with van der Waals surface area (Å²) in [5.74, 6) is 0. The minimum absolute atomic E-state index is 0.0153. The van der Waals surface area contributed by atoms with Crippen LogP contribution >= 0.6 is 11.3 Å². The fourth-order valence-corrected chi connectivity index (χ4v) is 3.72. The number of carbonyl (C=O) groups excluding carboxylic acids is 1. The van der Waals surface area contributed by atoms with Gasteiger partial charge in [-0.15, -0.1) is 11.3 Å². The number of para-hydroxylation sites is 1. The van der Waals surface area contributed by atoms with Gasteiger partial charge in [0.2, 0.25) is 0 Å². The molecule has 0 bridgehead atoms. The molecule has 1 atom stereocenters. The van der Waals surface area contributed by atoms with Crippen LogP contribution in [-0.2, 0) is 0 Å². The number of benzene rings is 1. The summed E-state index contributed by atoms with van der Waals surface area (Å²) in [7, 11) is 0. The van der Waals surface area contributed by atoms with Gasteiger partial charge in [0.25, 0.3) is 0 Å². The molecule has 3 rings (SSSR count). The van der Waals surface area contributed by atoms with Crippen molar-refractivity contribution in [2.45, 2.75) is 31.7 Å². The number of rotatable bonds is 2. The second-order valence-corrected chi connectivity index (χ2v) is 6.35. The molecule has 1 aromatic carbocycles. The van der Waals surface area contributed by atoms with Crippen LogP contribution in [0.3, 0.4) is 0 Å². The molecular weight excluding hydrogens is 280 g/mol. The molecule has 4 heteroatoms. The highest BCUT2D eigenvalue weighted by molar-refractivity contribution is 7.10. The second kappa shape index (κ2) is 6.76. The maximum absolute atomic E-state index is 12.6. The summed E-state index contributed by atoms with van der Waals surface area (Å²) >= 11 is 1.74. The van der Waals surface area contributed by atoms with Gasteiger partial charge in [-0.05, 0) is 36.4 Å². The monoisotopic (exact) mass is 300 g/mol. The van der Waals surface area contributed by atoms with E-state index in [9.17, 15) is 4.79 Å². The van der Waals surface area contributed by atoms with E-state index in [4.69, 9.17) is 0 Å². The number of likely N-dealkylation sites (tertiary alicyclic amines) is 1. The first-order valence-electron chi connectivity index (χ1n) is 7.50. The number of amides is 2. The van der Waals surface area contributed by atoms with E-state index < -0.39 is 0 Å². The molecule has 1 aliphatic rings. The first-order chi connectivity index (χ1) is 10.3. The number of urea groups is 1. The topological polar surface area (TPSA) is 32.3 Å². The van der Waals surface area contributed by atoms with Crippen molar-refractivity contribution in [2.75, 3.05) is 11.9 Å². The van der Waals surface area contributed by atoms with Gasteiger partial charge < -0.3 is 10.2 Å². The molecule has 2 aromatic rings. The predicted molar refractivity (Wildman–Crippen MR) is 87.7 cm³/mol. The minimum atomic E-state index is 0.0153. The fourth-order valence-electron chi connectivity index (χ4n) is 2.84. The summed E-state index contributed by atoms with van der Waals surface area (Å²) in [6, 6.07) is 14.1. The van der Waals surface area contributed by atoms with E-state index in [-0.39, 0.29) is 12.1 Å². The van der Waals surface area contributed by atoms with Crippen molar-refractivity contribution in [1.29, 1.82) is 0 Å². The van der Waals surface area contributed by atoms with Crippen LogP contribution in [0.1, 0.15) is 36.6 Å². The summed E-state index contributed by atoms with van der Waals surface area (Å²) in [6.45, 7) is 0.835. The number of thiophene rings is 1. The van der Waals surface area contributed by atoms with Gasteiger partial charge in [-0.2, -0.15) is 0 Å². The summed E-state index contributed by atoms with van der Waals surface area (Å²) in [5.41, 5.74) is 0.858. The van der Waals surface area contributed by atoms with Crippen LogP contribution in [0.2, 0.25) is 0 Å². The van der Waals surface area contributed by atoms with Crippen molar-refractivity contribution in [3.8, 4) is 0 Å². The van der Waals surface area contributed by atoms with Crippen LogP contribution in [0.25, 0.3) is 0 Å². The normalized spacial score (nSPS) is 19.0. The Morgan fingerprint density at radius 2 is 1.95 bits per heavy atom. The van der Waals surface area contributed by atoms with Gasteiger partial charge in [0, 0.05) is 17.1 Å². The molecule has 110 valence electrons. The number of nitrogens with one attached hydrogen (secondary N) is 1. The van der Waals surface area contributed by atoms with Crippen molar-refractivity contribution in [3.63, 3.8) is 0 Å². The first-order valence-corrected chi connectivity index (χ1v) is 8.38. The van der Waals surface area contributed by atoms with E-state index in [1.54, 1.807) is 11.3 Å². The highest BCUT2D eigenvalue weighted by atomic mass is 32.1. The third kappa shape index (κ3) is 3.45. The second-order valence-electron chi connectivity index (χ2n) is 5.37. The third-order valence-corrected chi connectivity index (χ3v) is 4.88. The van der Waals surface area contributed by atoms with Crippen molar-refractivity contribution in [1.82, 2.24) is 4.90 Å². The molecule has 3 nitrogen and oxygen atoms in total. The zero-order valence-corrected chi connectivity index (χ0v) is 12.8. The van der Waals surface area contributed by atoms with Crippen LogP contribution < -0.4 is 5.32 Å². The molecule has 1 N–H and O–H groups in total. The lowest BCUT2D eigenvalue weighted by atomic mass is 10.1. The molecule has 0 aliphatic carbocycles. The van der Waals surface area contributed by atoms with E-state index in [1.807, 2.05) is 35.2 Å². The zero-order chi connectivity index (χ0) is 14.5. The van der Waals surface area contributed by atoms with Crippen molar-refractivity contribution in [3.05, 3.63) is 52.7 Å². The number of nitrogens with zero attached hydrogens (tertiary/aromatic N) is 1. The Labute approximate surface area is 129 Å². The lowest BCUT2D eigenvalue weighted by molar-refractivity contribution is 0.190. The first kappa shape index (κ1) is 14.1. The molecule has 2 amide bonds. The Bertz CT molecular complexity index is 568. The highest BCUT2D eigenvalue weighted by Gasteiger charge is 2.27. The molecule has 0 unspecified atom stereocenters. The molecular formula is C17H20N2OS. The zero-order valence-electron chi connectivity index (χ0n) is 12.0. The number of carbonyl (C=O) groups is 1. The van der Waals surface area contributed by atoms with E-state index >= 15 is 0 Å². The maximum Gasteiger partial charge on any atom is 0.322 e. The van der Waals surface area contributed by atoms with E-state index in [2.05, 4.69) is 22.8 Å². The Morgan fingerprint density at radius 3 is 2.71 bits per heavy atom. The van der Waals surface area contributed by atoms with Gasteiger partial charge >= 0.3 is 6.03 Å². The number of anilines is 1. The molecule has 1 saturated heterocycles. The maximum atomic E-state index is 12.6. The molecule has 1 fully saturated rings. The van der Waals surface area contributed by atoms with Gasteiger partial charge in [-0.3, -0.25) is 0 Å². The van der Waals surface area contributed by atoms with Crippen LogP contribution in [0.4, 0.5) is 10.5 Å². The lowest BCUT2D eigenvalue weighted by Gasteiger charge is -2.29. The Kier molecular flexibility index (Phi) is 4.55. The lowest BCUT2D eigenvalue weighted by Crippen LogP contribution is -2.37. The quantitative estimate of drug-likeness (QED) is 0.840. The smallest absolute Gasteiger partial charge is 0.317 e. The SMILES string of the molecule is O=C(Nc1ccccc1)N1CCCCC[C@@H]1c1cccs1. The van der Waals surface area contributed by atoms with E-state index in [1.165, 1.54) is 17.7 Å². The minimum Gasteiger partial charge on any atom is -0.317 e. The summed E-state index contributed by atoms with van der Waals surface area (Å²) < 4.78 is 0. The van der Waals surface area contributed by atoms with Gasteiger partial charge in [-0.25, -0.2) is 4.79 Å². The van der Waals surface area contributed by atoms with E-state index in [0.29, 0.717) is 0 Å². The Balaban J connectivity index is 1.77. The average Bonchev–Trinajstić information content (AvgIpc) is 2.92. The standard InChI is InChI=1S/C17H20N2OS/c20-17(18-14-8-3-1-4-9-14)19-12-6-2-5-10-15(19)16-11-7-13-21-16/h1,3-4,7-9,11,13,15H,2,5-6,10,12H2,(H,18,20)/t15-/m1/s1. The molecule has 1 aliphatic heterocycles. The number of hydrogen-bond acceptors (Lipinski definition) is 2. The molecule has 1 aromatic heterocycles. The summed E-state index contributed by atoms with van der Waals surface area (Å²) in [4.78, 5) is 15.9. The fraction of sp³-hybridized carbons (Fsp3) is 0.353. The van der Waals surface area contributed by atoms with Crippen LogP contribution in [-0.4, -0.2) is 17.5 Å². The molecule has 2 heterocycles. The van der Waals surface area contributed by atoms with Gasteiger partial charge in [0.05, 0.1) is 6.04 Å². The van der Waals surface area contributed by atoms with E-state index in [0.717, 1.165) is 25.1 Å². The van der Waals surface area contributed by atoms with Gasteiger partial charge in [0.15, 0.2) is 0 Å². The summed E-state index contributed by atoms with van der Waals surface area (Å²) in [5, 5.41) is 5.11. The van der Waals surface area contributed by atoms with Gasteiger partial charge in [-0.1, -0.05) is 37.1 Å². The Morgan fingerprint density at radius 1 is 1.10 bits per heavy atom. The predicted octanol–water partition coefficient (Wildman–Crippen LogP) is 4.90. The largest absolute Gasteiger partial charge is 0.322 e. The van der Waals surface area contributed by atoms with Crippen LogP contribution in [0.5, 0.6) is 0 Å². The Hall–Kier alpha value is -1.81. The molecule has 21 heavy (non-hydrogen) atoms. The number of hydrogen-bond donors (Lipinski definition) is 1. The molecule has 0 radical (unpaired) electrons. The van der Waals surface area contributed by atoms with Gasteiger partial charge in [0.1, 0.15) is 0 Å². The van der Waals surface area contributed by atoms with Crippen LogP contribution in [0.15, 0.2) is 47.8 Å². The molecule has 0 spiro atoms.